The van der Waals surface area contributed by atoms with E-state index in [1.54, 1.807) is 17.9 Å². The van der Waals surface area contributed by atoms with Crippen molar-refractivity contribution in [2.24, 2.45) is 5.92 Å². The fraction of sp³-hybridized carbons (Fsp3) is 0.706. The standard InChI is InChI=1S/C17H29N3O3/c1-6-8-9-14(7-2)17(22)20(12(3)4)11-16(21)18-15-10-13(5)23-19-15/h10,12,14H,6-9,11H2,1-5H3,(H,18,19,21)/t14-/m1/s1. The minimum absolute atomic E-state index is 0.0144. The minimum Gasteiger partial charge on any atom is -0.360 e. The largest absolute Gasteiger partial charge is 0.360 e. The Bertz CT molecular complexity index is 511. The van der Waals surface area contributed by atoms with Crippen molar-refractivity contribution in [1.29, 1.82) is 0 Å². The number of anilines is 1. The second-order valence-corrected chi connectivity index (χ2v) is 6.18. The van der Waals surface area contributed by atoms with Gasteiger partial charge in [-0.05, 0) is 33.6 Å². The highest BCUT2D eigenvalue weighted by Crippen LogP contribution is 2.18. The molecule has 6 nitrogen and oxygen atoms in total. The molecule has 1 heterocycles. The Labute approximate surface area is 138 Å². The van der Waals surface area contributed by atoms with Gasteiger partial charge in [-0.2, -0.15) is 0 Å². The number of unbranched alkanes of at least 4 members (excludes halogenated alkanes) is 1. The first-order valence-electron chi connectivity index (χ1n) is 8.42. The van der Waals surface area contributed by atoms with Crippen LogP contribution in [0, 0.1) is 12.8 Å². The third-order valence-electron chi connectivity index (χ3n) is 3.86. The third kappa shape index (κ3) is 6.04. The Morgan fingerprint density at radius 1 is 1.35 bits per heavy atom. The van der Waals surface area contributed by atoms with Crippen LogP contribution in [-0.2, 0) is 9.59 Å². The summed E-state index contributed by atoms with van der Waals surface area (Å²) in [4.78, 5) is 26.5. The quantitative estimate of drug-likeness (QED) is 0.756. The van der Waals surface area contributed by atoms with Gasteiger partial charge in [0.05, 0.1) is 0 Å². The van der Waals surface area contributed by atoms with Crippen LogP contribution in [0.1, 0.15) is 59.1 Å². The van der Waals surface area contributed by atoms with E-state index in [-0.39, 0.29) is 30.3 Å². The van der Waals surface area contributed by atoms with Crippen LogP contribution in [0.3, 0.4) is 0 Å². The fourth-order valence-electron chi connectivity index (χ4n) is 2.46. The van der Waals surface area contributed by atoms with Gasteiger partial charge in [-0.1, -0.05) is 31.8 Å². The molecule has 0 saturated heterocycles. The van der Waals surface area contributed by atoms with Gasteiger partial charge < -0.3 is 14.7 Å². The lowest BCUT2D eigenvalue weighted by Gasteiger charge is -2.29. The number of aryl methyl sites for hydroxylation is 1. The summed E-state index contributed by atoms with van der Waals surface area (Å²) < 4.78 is 4.92. The SMILES string of the molecule is CCCC[C@@H](CC)C(=O)N(CC(=O)Nc1cc(C)on1)C(C)C. The Morgan fingerprint density at radius 2 is 2.04 bits per heavy atom. The number of hydrogen-bond donors (Lipinski definition) is 1. The van der Waals surface area contributed by atoms with Crippen LogP contribution in [0.2, 0.25) is 0 Å². The van der Waals surface area contributed by atoms with E-state index in [9.17, 15) is 9.59 Å². The van der Waals surface area contributed by atoms with E-state index in [4.69, 9.17) is 4.52 Å². The zero-order chi connectivity index (χ0) is 17.4. The molecule has 6 heteroatoms. The van der Waals surface area contributed by atoms with E-state index in [1.165, 1.54) is 0 Å². The number of carbonyl (C=O) groups is 2. The predicted octanol–water partition coefficient (Wildman–Crippen LogP) is 3.37. The number of amides is 2. The molecule has 0 aromatic carbocycles. The fourth-order valence-corrected chi connectivity index (χ4v) is 2.46. The molecule has 1 aromatic heterocycles. The molecule has 1 atom stereocenters. The summed E-state index contributed by atoms with van der Waals surface area (Å²) in [5.41, 5.74) is 0. The van der Waals surface area contributed by atoms with Crippen LogP contribution >= 0.6 is 0 Å². The number of hydrogen-bond acceptors (Lipinski definition) is 4. The number of aromatic nitrogens is 1. The second kappa shape index (κ2) is 9.33. The Kier molecular flexibility index (Phi) is 7.78. The van der Waals surface area contributed by atoms with Crippen molar-refractivity contribution in [1.82, 2.24) is 10.1 Å². The summed E-state index contributed by atoms with van der Waals surface area (Å²) in [5, 5.41) is 6.40. The van der Waals surface area contributed by atoms with Crippen molar-refractivity contribution in [3.63, 3.8) is 0 Å². The molecule has 0 bridgehead atoms. The van der Waals surface area contributed by atoms with Crippen molar-refractivity contribution in [2.45, 2.75) is 66.3 Å². The molecule has 0 unspecified atom stereocenters. The molecule has 0 aliphatic heterocycles. The first-order chi connectivity index (χ1) is 10.9. The molecule has 130 valence electrons. The second-order valence-electron chi connectivity index (χ2n) is 6.18. The molecular weight excluding hydrogens is 294 g/mol. The average molecular weight is 323 g/mol. The van der Waals surface area contributed by atoms with Crippen LogP contribution < -0.4 is 5.32 Å². The van der Waals surface area contributed by atoms with Gasteiger partial charge >= 0.3 is 0 Å². The Balaban J connectivity index is 2.69. The lowest BCUT2D eigenvalue weighted by atomic mass is 9.97. The molecule has 23 heavy (non-hydrogen) atoms. The van der Waals surface area contributed by atoms with Crippen molar-refractivity contribution >= 4 is 17.6 Å². The molecule has 0 spiro atoms. The molecule has 0 aliphatic carbocycles. The molecule has 1 aromatic rings. The molecule has 0 saturated carbocycles. The highest BCUT2D eigenvalue weighted by atomic mass is 16.5. The smallest absolute Gasteiger partial charge is 0.245 e. The molecule has 1 rings (SSSR count). The molecule has 1 N–H and O–H groups in total. The Hall–Kier alpha value is -1.85. The van der Waals surface area contributed by atoms with Crippen molar-refractivity contribution in [3.05, 3.63) is 11.8 Å². The molecule has 2 amide bonds. The first-order valence-corrected chi connectivity index (χ1v) is 8.42. The molecule has 0 aliphatic rings. The average Bonchev–Trinajstić information content (AvgIpc) is 2.90. The molecule has 0 radical (unpaired) electrons. The minimum atomic E-state index is -0.259. The topological polar surface area (TPSA) is 75.4 Å². The highest BCUT2D eigenvalue weighted by Gasteiger charge is 2.26. The number of nitrogens with one attached hydrogen (secondary N) is 1. The van der Waals surface area contributed by atoms with Gasteiger partial charge in [0.2, 0.25) is 11.8 Å². The van der Waals surface area contributed by atoms with Crippen LogP contribution in [0.4, 0.5) is 5.82 Å². The van der Waals surface area contributed by atoms with E-state index >= 15 is 0 Å². The van der Waals surface area contributed by atoms with Gasteiger partial charge in [0.1, 0.15) is 12.3 Å². The van der Waals surface area contributed by atoms with Gasteiger partial charge in [0.15, 0.2) is 5.82 Å². The van der Waals surface area contributed by atoms with Crippen LogP contribution in [-0.4, -0.2) is 34.5 Å². The van der Waals surface area contributed by atoms with Gasteiger partial charge in [-0.15, -0.1) is 0 Å². The summed E-state index contributed by atoms with van der Waals surface area (Å²) in [6.45, 7) is 9.78. The first kappa shape index (κ1) is 19.2. The predicted molar refractivity (Wildman–Crippen MR) is 90.0 cm³/mol. The highest BCUT2D eigenvalue weighted by molar-refractivity contribution is 5.94. The summed E-state index contributed by atoms with van der Waals surface area (Å²) in [7, 11) is 0. The van der Waals surface area contributed by atoms with Crippen LogP contribution in [0.5, 0.6) is 0 Å². The maximum absolute atomic E-state index is 12.7. The number of carbonyl (C=O) groups excluding carboxylic acids is 2. The zero-order valence-electron chi connectivity index (χ0n) is 14.9. The third-order valence-corrected chi connectivity index (χ3v) is 3.86. The maximum Gasteiger partial charge on any atom is 0.245 e. The molecular formula is C17H29N3O3. The van der Waals surface area contributed by atoms with Gasteiger partial charge in [-0.25, -0.2) is 0 Å². The van der Waals surface area contributed by atoms with Crippen LogP contribution in [0.25, 0.3) is 0 Å². The van der Waals surface area contributed by atoms with Crippen LogP contribution in [0.15, 0.2) is 10.6 Å². The lowest BCUT2D eigenvalue weighted by molar-refractivity contribution is -0.140. The molecule has 0 fully saturated rings. The van der Waals surface area contributed by atoms with E-state index in [2.05, 4.69) is 17.4 Å². The Morgan fingerprint density at radius 3 is 2.52 bits per heavy atom. The number of nitrogens with zero attached hydrogens (tertiary/aromatic N) is 2. The summed E-state index contributed by atoms with van der Waals surface area (Å²) in [5.74, 6) is 0.789. The van der Waals surface area contributed by atoms with E-state index in [1.807, 2.05) is 20.8 Å². The monoisotopic (exact) mass is 323 g/mol. The summed E-state index contributed by atoms with van der Waals surface area (Å²) in [6.07, 6.45) is 3.77. The lowest BCUT2D eigenvalue weighted by Crippen LogP contribution is -2.45. The normalized spacial score (nSPS) is 12.3. The van der Waals surface area contributed by atoms with Crippen molar-refractivity contribution < 1.29 is 14.1 Å². The maximum atomic E-state index is 12.7. The van der Waals surface area contributed by atoms with E-state index < -0.39 is 0 Å². The summed E-state index contributed by atoms with van der Waals surface area (Å²) >= 11 is 0. The van der Waals surface area contributed by atoms with E-state index in [0.717, 1.165) is 25.7 Å². The van der Waals surface area contributed by atoms with Gasteiger partial charge in [-0.3, -0.25) is 9.59 Å². The van der Waals surface area contributed by atoms with Crippen molar-refractivity contribution in [3.8, 4) is 0 Å². The van der Waals surface area contributed by atoms with E-state index in [0.29, 0.717) is 11.6 Å². The zero-order valence-corrected chi connectivity index (χ0v) is 14.9. The van der Waals surface area contributed by atoms with Gasteiger partial charge in [0.25, 0.3) is 0 Å². The van der Waals surface area contributed by atoms with Gasteiger partial charge in [0, 0.05) is 18.0 Å². The number of rotatable bonds is 9. The summed E-state index contributed by atoms with van der Waals surface area (Å²) in [6, 6.07) is 1.62. The van der Waals surface area contributed by atoms with Crippen molar-refractivity contribution in [2.75, 3.05) is 11.9 Å².